The summed E-state index contributed by atoms with van der Waals surface area (Å²) >= 11 is 0. The van der Waals surface area contributed by atoms with E-state index in [4.69, 9.17) is 5.73 Å². The number of hydrogen-bond donors (Lipinski definition) is 3. The monoisotopic (exact) mass is 153 g/mol. The minimum atomic E-state index is -0.234. The van der Waals surface area contributed by atoms with Gasteiger partial charge < -0.3 is 10.8 Å². The molecule has 0 saturated heterocycles. The van der Waals surface area contributed by atoms with Gasteiger partial charge >= 0.3 is 0 Å². The summed E-state index contributed by atoms with van der Waals surface area (Å²) in [6, 6.07) is 0. The molecule has 0 aliphatic heterocycles. The van der Waals surface area contributed by atoms with Gasteiger partial charge in [0.1, 0.15) is 5.82 Å². The largest absolute Gasteiger partial charge is 0.393 e. The molecule has 1 aliphatic carbocycles. The summed E-state index contributed by atoms with van der Waals surface area (Å²) in [5.74, 6) is 0.541. The quantitative estimate of drug-likeness (QED) is 0.485. The van der Waals surface area contributed by atoms with Crippen LogP contribution < -0.4 is 5.73 Å². The van der Waals surface area contributed by atoms with Crippen molar-refractivity contribution in [3.05, 3.63) is 11.3 Å². The van der Waals surface area contributed by atoms with E-state index in [-0.39, 0.29) is 6.10 Å². The van der Waals surface area contributed by atoms with Crippen molar-refractivity contribution in [1.29, 1.82) is 0 Å². The molecular formula is C7H11N3O. The number of nitrogens with two attached hydrogens (primary N) is 1. The molecule has 11 heavy (non-hydrogen) atoms. The number of nitrogen functional groups attached to an aromatic ring is 1. The van der Waals surface area contributed by atoms with Crippen LogP contribution in [0, 0.1) is 0 Å². The lowest BCUT2D eigenvalue weighted by atomic mass is 9.95. The number of aryl methyl sites for hydroxylation is 1. The van der Waals surface area contributed by atoms with E-state index >= 15 is 0 Å². The molecule has 60 valence electrons. The van der Waals surface area contributed by atoms with Crippen molar-refractivity contribution in [2.75, 3.05) is 5.73 Å². The molecule has 0 amide bonds. The van der Waals surface area contributed by atoms with Gasteiger partial charge in [0.2, 0.25) is 0 Å². The van der Waals surface area contributed by atoms with Crippen LogP contribution in [0.25, 0.3) is 0 Å². The van der Waals surface area contributed by atoms with Crippen LogP contribution in [-0.2, 0) is 12.8 Å². The second kappa shape index (κ2) is 2.23. The van der Waals surface area contributed by atoms with Crippen LogP contribution in [-0.4, -0.2) is 21.4 Å². The molecule has 0 saturated carbocycles. The van der Waals surface area contributed by atoms with E-state index in [1.54, 1.807) is 0 Å². The van der Waals surface area contributed by atoms with Gasteiger partial charge in [-0.15, -0.1) is 0 Å². The number of hydrogen-bond acceptors (Lipinski definition) is 3. The number of rotatable bonds is 0. The van der Waals surface area contributed by atoms with Crippen molar-refractivity contribution in [3.8, 4) is 0 Å². The molecule has 1 aromatic rings. The maximum Gasteiger partial charge on any atom is 0.148 e. The summed E-state index contributed by atoms with van der Waals surface area (Å²) in [5.41, 5.74) is 7.66. The molecule has 1 aromatic heterocycles. The van der Waals surface area contributed by atoms with Gasteiger partial charge in [0, 0.05) is 17.7 Å². The van der Waals surface area contributed by atoms with Gasteiger partial charge in [0.15, 0.2) is 0 Å². The summed E-state index contributed by atoms with van der Waals surface area (Å²) in [4.78, 5) is 0. The molecule has 4 N–H and O–H groups in total. The zero-order chi connectivity index (χ0) is 7.84. The highest BCUT2D eigenvalue weighted by Crippen LogP contribution is 2.23. The van der Waals surface area contributed by atoms with Crippen LogP contribution in [0.3, 0.4) is 0 Å². The van der Waals surface area contributed by atoms with Gasteiger partial charge in [-0.05, 0) is 12.8 Å². The number of nitrogens with zero attached hydrogens (tertiary/aromatic N) is 1. The zero-order valence-electron chi connectivity index (χ0n) is 6.17. The number of fused-ring (bicyclic) bond motifs is 1. The Labute approximate surface area is 64.4 Å². The van der Waals surface area contributed by atoms with Gasteiger partial charge in [0.05, 0.1) is 6.10 Å². The highest BCUT2D eigenvalue weighted by atomic mass is 16.3. The lowest BCUT2D eigenvalue weighted by molar-refractivity contribution is 0.158. The Bertz CT molecular complexity index is 269. The van der Waals surface area contributed by atoms with Gasteiger partial charge in [-0.2, -0.15) is 5.10 Å². The van der Waals surface area contributed by atoms with Crippen LogP contribution in [0.2, 0.25) is 0 Å². The Morgan fingerprint density at radius 1 is 1.64 bits per heavy atom. The van der Waals surface area contributed by atoms with E-state index in [1.807, 2.05) is 0 Å². The zero-order valence-corrected chi connectivity index (χ0v) is 6.17. The van der Waals surface area contributed by atoms with Gasteiger partial charge in [-0.1, -0.05) is 0 Å². The van der Waals surface area contributed by atoms with Gasteiger partial charge in [-0.25, -0.2) is 0 Å². The predicted octanol–water partition coefficient (Wildman–Crippen LogP) is -0.159. The Kier molecular flexibility index (Phi) is 1.35. The van der Waals surface area contributed by atoms with E-state index in [0.29, 0.717) is 12.2 Å². The highest BCUT2D eigenvalue weighted by Gasteiger charge is 2.20. The van der Waals surface area contributed by atoms with Crippen molar-refractivity contribution >= 4 is 5.82 Å². The van der Waals surface area contributed by atoms with Gasteiger partial charge in [0.25, 0.3) is 0 Å². The first-order valence-corrected chi connectivity index (χ1v) is 3.77. The van der Waals surface area contributed by atoms with Gasteiger partial charge in [-0.3, -0.25) is 5.10 Å². The molecule has 1 heterocycles. The number of anilines is 1. The van der Waals surface area contributed by atoms with Crippen LogP contribution in [0.1, 0.15) is 17.7 Å². The minimum Gasteiger partial charge on any atom is -0.393 e. The molecule has 4 nitrogen and oxygen atoms in total. The minimum absolute atomic E-state index is 0.234. The molecule has 0 fully saturated rings. The smallest absolute Gasteiger partial charge is 0.148 e. The van der Waals surface area contributed by atoms with E-state index in [2.05, 4.69) is 10.2 Å². The Morgan fingerprint density at radius 3 is 3.27 bits per heavy atom. The number of aliphatic hydroxyl groups is 1. The third kappa shape index (κ3) is 0.991. The predicted molar refractivity (Wildman–Crippen MR) is 41.0 cm³/mol. The van der Waals surface area contributed by atoms with E-state index in [1.165, 1.54) is 0 Å². The lowest BCUT2D eigenvalue weighted by Gasteiger charge is -2.16. The maximum atomic E-state index is 9.30. The Hall–Kier alpha value is -1.03. The third-order valence-corrected chi connectivity index (χ3v) is 2.15. The summed E-state index contributed by atoms with van der Waals surface area (Å²) in [5, 5.41) is 16.0. The van der Waals surface area contributed by atoms with Crippen LogP contribution in [0.4, 0.5) is 5.82 Å². The summed E-state index contributed by atoms with van der Waals surface area (Å²) in [6.45, 7) is 0. The van der Waals surface area contributed by atoms with Crippen molar-refractivity contribution in [2.24, 2.45) is 0 Å². The first-order valence-electron chi connectivity index (χ1n) is 3.77. The fourth-order valence-electron chi connectivity index (χ4n) is 1.50. The number of aromatic amines is 1. The number of aromatic nitrogens is 2. The fourth-order valence-corrected chi connectivity index (χ4v) is 1.50. The van der Waals surface area contributed by atoms with Crippen molar-refractivity contribution in [2.45, 2.75) is 25.4 Å². The molecule has 0 radical (unpaired) electrons. The van der Waals surface area contributed by atoms with Crippen molar-refractivity contribution < 1.29 is 5.11 Å². The molecule has 0 aromatic carbocycles. The van der Waals surface area contributed by atoms with Crippen molar-refractivity contribution in [1.82, 2.24) is 10.2 Å². The summed E-state index contributed by atoms with van der Waals surface area (Å²) in [7, 11) is 0. The standard InChI is InChI=1S/C7H11N3O/c8-7-5-3-4(11)1-2-6(5)9-10-7/h4,11H,1-3H2,(H3,8,9,10)/t4-/m0/s1. The normalized spacial score (nSPS) is 23.2. The first-order chi connectivity index (χ1) is 5.27. The Morgan fingerprint density at radius 2 is 2.45 bits per heavy atom. The summed E-state index contributed by atoms with van der Waals surface area (Å²) < 4.78 is 0. The summed E-state index contributed by atoms with van der Waals surface area (Å²) in [6.07, 6.45) is 2.09. The molecule has 0 unspecified atom stereocenters. The molecule has 0 spiro atoms. The number of aliphatic hydroxyl groups excluding tert-OH is 1. The molecule has 4 heteroatoms. The number of H-pyrrole nitrogens is 1. The maximum absolute atomic E-state index is 9.30. The second-order valence-electron chi connectivity index (χ2n) is 2.96. The fraction of sp³-hybridized carbons (Fsp3) is 0.571. The third-order valence-electron chi connectivity index (χ3n) is 2.15. The average Bonchev–Trinajstić information content (AvgIpc) is 2.33. The SMILES string of the molecule is Nc1n[nH]c2c1C[C@@H](O)CC2. The first kappa shape index (κ1) is 6.67. The van der Waals surface area contributed by atoms with E-state index in [9.17, 15) is 5.11 Å². The molecule has 2 rings (SSSR count). The molecular weight excluding hydrogens is 142 g/mol. The van der Waals surface area contributed by atoms with Crippen LogP contribution in [0.5, 0.6) is 0 Å². The lowest BCUT2D eigenvalue weighted by Crippen LogP contribution is -2.18. The van der Waals surface area contributed by atoms with Crippen LogP contribution >= 0.6 is 0 Å². The van der Waals surface area contributed by atoms with E-state index < -0.39 is 0 Å². The molecule has 1 atom stereocenters. The van der Waals surface area contributed by atoms with Crippen molar-refractivity contribution in [3.63, 3.8) is 0 Å². The topological polar surface area (TPSA) is 74.9 Å². The van der Waals surface area contributed by atoms with E-state index in [0.717, 1.165) is 24.1 Å². The number of nitrogens with one attached hydrogen (secondary N) is 1. The highest BCUT2D eigenvalue weighted by molar-refractivity contribution is 5.43. The Balaban J connectivity index is 2.37. The average molecular weight is 153 g/mol. The molecule has 1 aliphatic rings. The van der Waals surface area contributed by atoms with Crippen LogP contribution in [0.15, 0.2) is 0 Å². The molecule has 0 bridgehead atoms. The second-order valence-corrected chi connectivity index (χ2v) is 2.96.